The van der Waals surface area contributed by atoms with E-state index >= 15 is 0 Å². The van der Waals surface area contributed by atoms with E-state index in [4.69, 9.17) is 0 Å². The number of benzene rings is 2. The van der Waals surface area contributed by atoms with Crippen LogP contribution in [0.5, 0.6) is 0 Å². The molecule has 2 heterocycles. The topological polar surface area (TPSA) is 48.5 Å². The molecule has 3 aromatic rings. The first-order valence-electron chi connectivity index (χ1n) is 12.5. The Balaban J connectivity index is 1.37. The quantitative estimate of drug-likeness (QED) is 0.596. The number of carbonyl (C=O) groups is 1. The van der Waals surface area contributed by atoms with Gasteiger partial charge in [-0.1, -0.05) is 67.8 Å². The van der Waals surface area contributed by atoms with Crippen molar-refractivity contribution in [1.82, 2.24) is 15.2 Å². The van der Waals surface area contributed by atoms with Crippen molar-refractivity contribution in [2.45, 2.75) is 38.1 Å². The van der Waals surface area contributed by atoms with Crippen LogP contribution in [0.2, 0.25) is 0 Å². The van der Waals surface area contributed by atoms with Crippen LogP contribution in [0.3, 0.4) is 0 Å². The Morgan fingerprint density at radius 1 is 1.00 bits per heavy atom. The number of hydrogen-bond donors (Lipinski definition) is 1. The van der Waals surface area contributed by atoms with E-state index in [-0.39, 0.29) is 11.8 Å². The smallest absolute Gasteiger partial charge is 0.231 e. The molecule has 5 rings (SSSR count). The summed E-state index contributed by atoms with van der Waals surface area (Å²) >= 11 is 0. The molecule has 0 bridgehead atoms. The standard InChI is InChI=1S/C28H34N4O/c33-28(23-10-2-1-3-11-23)32(27-15-6-7-16-30-27)20-19-31-18-17-29-21-26(31)25-14-8-12-22-9-4-5-13-24(22)25/h4-9,12-16,23,26,29H,1-3,10-11,17-21H2. The average molecular weight is 443 g/mol. The molecular formula is C28H34N4O. The summed E-state index contributed by atoms with van der Waals surface area (Å²) in [5.41, 5.74) is 1.36. The van der Waals surface area contributed by atoms with Gasteiger partial charge in [0.25, 0.3) is 0 Å². The van der Waals surface area contributed by atoms with Gasteiger partial charge in [-0.15, -0.1) is 0 Å². The van der Waals surface area contributed by atoms with Crippen LogP contribution in [0, 0.1) is 5.92 Å². The molecule has 2 aliphatic rings. The third-order valence-corrected chi connectivity index (χ3v) is 7.29. The van der Waals surface area contributed by atoms with E-state index in [1.165, 1.54) is 22.8 Å². The predicted molar refractivity (Wildman–Crippen MR) is 134 cm³/mol. The molecule has 1 atom stereocenters. The first kappa shape index (κ1) is 22.1. The third kappa shape index (κ3) is 4.94. The summed E-state index contributed by atoms with van der Waals surface area (Å²) in [5, 5.41) is 6.19. The summed E-state index contributed by atoms with van der Waals surface area (Å²) in [6.45, 7) is 4.38. The van der Waals surface area contributed by atoms with Crippen molar-refractivity contribution < 1.29 is 4.79 Å². The Kier molecular flexibility index (Phi) is 6.98. The van der Waals surface area contributed by atoms with Crippen LogP contribution in [-0.2, 0) is 4.79 Å². The van der Waals surface area contributed by atoms with Crippen molar-refractivity contribution in [3.63, 3.8) is 0 Å². The molecule has 5 nitrogen and oxygen atoms in total. The van der Waals surface area contributed by atoms with Gasteiger partial charge in [0.15, 0.2) is 0 Å². The molecule has 0 spiro atoms. The number of nitrogens with one attached hydrogen (secondary N) is 1. The lowest BCUT2D eigenvalue weighted by molar-refractivity contribution is -0.123. The molecule has 1 aromatic heterocycles. The van der Waals surface area contributed by atoms with Crippen LogP contribution in [0.15, 0.2) is 66.9 Å². The summed E-state index contributed by atoms with van der Waals surface area (Å²) in [6.07, 6.45) is 7.38. The molecular weight excluding hydrogens is 408 g/mol. The molecule has 0 radical (unpaired) electrons. The lowest BCUT2D eigenvalue weighted by Gasteiger charge is -2.38. The first-order valence-corrected chi connectivity index (χ1v) is 12.5. The number of nitrogens with zero attached hydrogens (tertiary/aromatic N) is 3. The van der Waals surface area contributed by atoms with Crippen LogP contribution >= 0.6 is 0 Å². The zero-order valence-corrected chi connectivity index (χ0v) is 19.3. The molecule has 1 saturated carbocycles. The second-order valence-electron chi connectivity index (χ2n) is 9.34. The number of piperazine rings is 1. The molecule has 1 aliphatic carbocycles. The van der Waals surface area contributed by atoms with Crippen molar-refractivity contribution in [1.29, 1.82) is 0 Å². The van der Waals surface area contributed by atoms with Gasteiger partial charge in [0, 0.05) is 50.9 Å². The number of fused-ring (bicyclic) bond motifs is 1. The Bertz CT molecular complexity index is 1060. The maximum atomic E-state index is 13.6. The summed E-state index contributed by atoms with van der Waals surface area (Å²) in [6, 6.07) is 21.4. The maximum Gasteiger partial charge on any atom is 0.231 e. The number of amides is 1. The Hall–Kier alpha value is -2.76. The monoisotopic (exact) mass is 442 g/mol. The highest BCUT2D eigenvalue weighted by Crippen LogP contribution is 2.30. The number of hydrogen-bond acceptors (Lipinski definition) is 4. The number of anilines is 1. The normalized spacial score (nSPS) is 20.1. The van der Waals surface area contributed by atoms with Crippen molar-refractivity contribution in [3.8, 4) is 0 Å². The van der Waals surface area contributed by atoms with Crippen LogP contribution in [-0.4, -0.2) is 48.5 Å². The molecule has 2 aromatic carbocycles. The average Bonchev–Trinajstić information content (AvgIpc) is 2.90. The zero-order chi connectivity index (χ0) is 22.5. The summed E-state index contributed by atoms with van der Waals surface area (Å²) in [7, 11) is 0. The second kappa shape index (κ2) is 10.4. The minimum absolute atomic E-state index is 0.137. The van der Waals surface area contributed by atoms with E-state index in [0.717, 1.165) is 57.7 Å². The molecule has 1 saturated heterocycles. The fourth-order valence-electron chi connectivity index (χ4n) is 5.51. The fraction of sp³-hybridized carbons (Fsp3) is 0.429. The number of carbonyl (C=O) groups excluding carboxylic acids is 1. The number of rotatable bonds is 6. The van der Waals surface area contributed by atoms with E-state index in [1.54, 1.807) is 6.20 Å². The van der Waals surface area contributed by atoms with E-state index in [9.17, 15) is 4.79 Å². The molecule has 1 amide bonds. The number of pyridine rings is 1. The molecule has 2 fully saturated rings. The predicted octanol–water partition coefficient (Wildman–Crippen LogP) is 4.79. The molecule has 172 valence electrons. The van der Waals surface area contributed by atoms with E-state index in [1.807, 2.05) is 23.1 Å². The molecule has 5 heteroatoms. The summed E-state index contributed by atoms with van der Waals surface area (Å²) in [4.78, 5) is 22.6. The van der Waals surface area contributed by atoms with Gasteiger partial charge in [-0.3, -0.25) is 14.6 Å². The summed E-state index contributed by atoms with van der Waals surface area (Å²) in [5.74, 6) is 1.17. The third-order valence-electron chi connectivity index (χ3n) is 7.29. The zero-order valence-electron chi connectivity index (χ0n) is 19.3. The Labute approximate surface area is 196 Å². The van der Waals surface area contributed by atoms with Gasteiger partial charge in [-0.25, -0.2) is 4.98 Å². The van der Waals surface area contributed by atoms with Gasteiger partial charge >= 0.3 is 0 Å². The molecule has 33 heavy (non-hydrogen) atoms. The highest BCUT2D eigenvalue weighted by Gasteiger charge is 2.30. The van der Waals surface area contributed by atoms with E-state index in [2.05, 4.69) is 57.7 Å². The second-order valence-corrected chi connectivity index (χ2v) is 9.34. The maximum absolute atomic E-state index is 13.6. The summed E-state index contributed by atoms with van der Waals surface area (Å²) < 4.78 is 0. The van der Waals surface area contributed by atoms with Gasteiger partial charge in [0.2, 0.25) is 5.91 Å². The Morgan fingerprint density at radius 3 is 2.67 bits per heavy atom. The van der Waals surface area contributed by atoms with Crippen LogP contribution in [0.1, 0.15) is 43.7 Å². The fourth-order valence-corrected chi connectivity index (χ4v) is 5.51. The Morgan fingerprint density at radius 2 is 1.82 bits per heavy atom. The lowest BCUT2D eigenvalue weighted by atomic mass is 9.88. The molecule has 1 unspecified atom stereocenters. The number of aromatic nitrogens is 1. The largest absolute Gasteiger partial charge is 0.314 e. The van der Waals surface area contributed by atoms with Crippen molar-refractivity contribution in [2.75, 3.05) is 37.6 Å². The van der Waals surface area contributed by atoms with E-state index in [0.29, 0.717) is 12.6 Å². The first-order chi connectivity index (χ1) is 16.3. The van der Waals surface area contributed by atoms with Gasteiger partial charge in [-0.05, 0) is 41.3 Å². The van der Waals surface area contributed by atoms with Crippen LogP contribution < -0.4 is 10.2 Å². The van der Waals surface area contributed by atoms with Crippen LogP contribution in [0.4, 0.5) is 5.82 Å². The highest BCUT2D eigenvalue weighted by molar-refractivity contribution is 5.94. The highest BCUT2D eigenvalue weighted by atomic mass is 16.2. The molecule has 1 N–H and O–H groups in total. The SMILES string of the molecule is O=C(C1CCCCC1)N(CCN1CCNCC1c1cccc2ccccc12)c1ccccn1. The van der Waals surface area contributed by atoms with Crippen molar-refractivity contribution in [2.24, 2.45) is 5.92 Å². The van der Waals surface area contributed by atoms with Gasteiger partial charge in [0.05, 0.1) is 0 Å². The van der Waals surface area contributed by atoms with Gasteiger partial charge in [-0.2, -0.15) is 0 Å². The van der Waals surface area contributed by atoms with Crippen molar-refractivity contribution >= 4 is 22.5 Å². The minimum atomic E-state index is 0.137. The molecule has 1 aliphatic heterocycles. The van der Waals surface area contributed by atoms with Crippen molar-refractivity contribution in [3.05, 3.63) is 72.4 Å². The van der Waals surface area contributed by atoms with Gasteiger partial charge in [0.1, 0.15) is 5.82 Å². The van der Waals surface area contributed by atoms with Gasteiger partial charge < -0.3 is 5.32 Å². The van der Waals surface area contributed by atoms with Crippen LogP contribution in [0.25, 0.3) is 10.8 Å². The minimum Gasteiger partial charge on any atom is -0.314 e. The van der Waals surface area contributed by atoms with E-state index < -0.39 is 0 Å². The lowest BCUT2D eigenvalue weighted by Crippen LogP contribution is -2.49.